The molecule has 2 aliphatic heterocycles. The topological polar surface area (TPSA) is 101 Å². The quantitative estimate of drug-likeness (QED) is 0.488. The zero-order chi connectivity index (χ0) is 26.3. The van der Waals surface area contributed by atoms with Crippen LogP contribution in [0.2, 0.25) is 0 Å². The molecule has 2 saturated heterocycles. The number of hydrogen-bond acceptors (Lipinski definition) is 7. The summed E-state index contributed by atoms with van der Waals surface area (Å²) in [5.41, 5.74) is 2.04. The molecule has 3 aromatic rings. The first-order valence-corrected chi connectivity index (χ1v) is 13.5. The van der Waals surface area contributed by atoms with Crippen LogP contribution in [0, 0.1) is 5.92 Å². The molecule has 1 N–H and O–H groups in total. The highest BCUT2D eigenvalue weighted by atomic mass is 16.5. The van der Waals surface area contributed by atoms with Gasteiger partial charge in [-0.05, 0) is 75.2 Å². The van der Waals surface area contributed by atoms with E-state index in [0.717, 1.165) is 76.0 Å². The molecule has 2 aromatic carbocycles. The summed E-state index contributed by atoms with van der Waals surface area (Å²) in [6.45, 7) is 3.62. The molecule has 5 rings (SSSR count). The van der Waals surface area contributed by atoms with Gasteiger partial charge in [0.15, 0.2) is 0 Å². The van der Waals surface area contributed by atoms with E-state index >= 15 is 0 Å². The minimum absolute atomic E-state index is 0.00573. The highest BCUT2D eigenvalue weighted by molar-refractivity contribution is 6.04. The number of para-hydroxylation sites is 1. The number of carbonyl (C=O) groups is 2. The molecule has 0 unspecified atom stereocenters. The Bertz CT molecular complexity index is 1230. The van der Waals surface area contributed by atoms with E-state index < -0.39 is 0 Å². The predicted molar refractivity (Wildman–Crippen MR) is 144 cm³/mol. The fourth-order valence-corrected chi connectivity index (χ4v) is 5.18. The van der Waals surface area contributed by atoms with Crippen molar-refractivity contribution in [1.29, 1.82) is 0 Å². The molecule has 38 heavy (non-hydrogen) atoms. The number of aromatic nitrogens is 2. The summed E-state index contributed by atoms with van der Waals surface area (Å²) in [6.07, 6.45) is 5.85. The second-order valence-electron chi connectivity index (χ2n) is 10.0. The highest BCUT2D eigenvalue weighted by Gasteiger charge is 2.28. The molecule has 0 saturated carbocycles. The molecule has 9 heteroatoms. The number of rotatable bonds is 7. The van der Waals surface area contributed by atoms with Crippen molar-refractivity contribution >= 4 is 17.5 Å². The molecule has 3 heterocycles. The van der Waals surface area contributed by atoms with Gasteiger partial charge in [0.2, 0.25) is 17.6 Å². The number of nitrogens with zero attached hydrogens (tertiary/aromatic N) is 4. The zero-order valence-corrected chi connectivity index (χ0v) is 21.9. The summed E-state index contributed by atoms with van der Waals surface area (Å²) in [7, 11) is 1.63. The number of anilines is 1. The minimum atomic E-state index is -0.106. The van der Waals surface area contributed by atoms with E-state index in [9.17, 15) is 9.59 Å². The molecule has 0 atom stereocenters. The highest BCUT2D eigenvalue weighted by Crippen LogP contribution is 2.25. The van der Waals surface area contributed by atoms with Crippen LogP contribution >= 0.6 is 0 Å². The number of carbonyl (C=O) groups excluding carboxylic acids is 2. The van der Waals surface area contributed by atoms with Crippen molar-refractivity contribution in [3.05, 3.63) is 60.0 Å². The van der Waals surface area contributed by atoms with Crippen LogP contribution in [-0.2, 0) is 11.3 Å². The Balaban J connectivity index is 1.14. The summed E-state index contributed by atoms with van der Waals surface area (Å²) in [5.74, 6) is 1.75. The van der Waals surface area contributed by atoms with Crippen molar-refractivity contribution in [1.82, 2.24) is 19.9 Å². The van der Waals surface area contributed by atoms with E-state index in [0.29, 0.717) is 29.5 Å². The number of methoxy groups -OCH3 is 1. The van der Waals surface area contributed by atoms with E-state index in [1.165, 1.54) is 0 Å². The maximum absolute atomic E-state index is 13.2. The van der Waals surface area contributed by atoms with Crippen molar-refractivity contribution in [3.8, 4) is 17.1 Å². The second-order valence-corrected chi connectivity index (χ2v) is 10.0. The first-order chi connectivity index (χ1) is 18.6. The third-order valence-corrected chi connectivity index (χ3v) is 7.44. The van der Waals surface area contributed by atoms with Gasteiger partial charge in [0, 0.05) is 24.6 Å². The number of piperidine rings is 1. The lowest BCUT2D eigenvalue weighted by Gasteiger charge is -2.30. The smallest absolute Gasteiger partial charge is 0.255 e. The van der Waals surface area contributed by atoms with Crippen LogP contribution in [0.4, 0.5) is 5.69 Å². The number of amides is 2. The number of ether oxygens (including phenoxy) is 1. The molecule has 0 aliphatic carbocycles. The first-order valence-electron chi connectivity index (χ1n) is 13.5. The van der Waals surface area contributed by atoms with E-state index in [-0.39, 0.29) is 17.7 Å². The van der Waals surface area contributed by atoms with E-state index in [1.807, 2.05) is 53.4 Å². The van der Waals surface area contributed by atoms with Gasteiger partial charge in [0.05, 0.1) is 24.9 Å². The lowest BCUT2D eigenvalue weighted by atomic mass is 9.95. The van der Waals surface area contributed by atoms with Gasteiger partial charge >= 0.3 is 0 Å². The van der Waals surface area contributed by atoms with E-state index in [4.69, 9.17) is 9.26 Å². The molecule has 9 nitrogen and oxygen atoms in total. The van der Waals surface area contributed by atoms with Gasteiger partial charge in [-0.15, -0.1) is 0 Å². The molecule has 0 radical (unpaired) electrons. The average Bonchev–Trinajstić information content (AvgIpc) is 3.25. The Morgan fingerprint density at radius 1 is 0.974 bits per heavy atom. The fraction of sp³-hybridized carbons (Fsp3) is 0.448. The number of benzene rings is 2. The average molecular weight is 518 g/mol. The van der Waals surface area contributed by atoms with Crippen molar-refractivity contribution in [2.24, 2.45) is 5.92 Å². The van der Waals surface area contributed by atoms with Gasteiger partial charge < -0.3 is 19.5 Å². The van der Waals surface area contributed by atoms with Gasteiger partial charge in [0.1, 0.15) is 5.75 Å². The largest absolute Gasteiger partial charge is 0.497 e. The van der Waals surface area contributed by atoms with Crippen LogP contribution in [0.25, 0.3) is 11.4 Å². The fourth-order valence-electron chi connectivity index (χ4n) is 5.18. The summed E-state index contributed by atoms with van der Waals surface area (Å²) in [6, 6.07) is 14.9. The molecule has 2 fully saturated rings. The SMILES string of the molecule is COc1ccc(-c2noc(CN3CCC(C(=O)Nc4ccccc4C(=O)N4CCCCCC4)CC3)n2)cc1. The first kappa shape index (κ1) is 25.9. The van der Waals surface area contributed by atoms with Crippen LogP contribution in [0.1, 0.15) is 54.8 Å². The monoisotopic (exact) mass is 517 g/mol. The number of hydrogen-bond donors (Lipinski definition) is 1. The van der Waals surface area contributed by atoms with Crippen LogP contribution in [0.3, 0.4) is 0 Å². The second kappa shape index (κ2) is 12.2. The molecule has 200 valence electrons. The summed E-state index contributed by atoms with van der Waals surface area (Å²) in [5, 5.41) is 7.17. The van der Waals surface area contributed by atoms with Crippen LogP contribution in [0.5, 0.6) is 5.75 Å². The Morgan fingerprint density at radius 3 is 2.39 bits per heavy atom. The number of nitrogens with one attached hydrogen (secondary N) is 1. The minimum Gasteiger partial charge on any atom is -0.497 e. The maximum Gasteiger partial charge on any atom is 0.255 e. The van der Waals surface area contributed by atoms with Crippen molar-refractivity contribution in [2.45, 2.75) is 45.1 Å². The third kappa shape index (κ3) is 6.22. The van der Waals surface area contributed by atoms with Gasteiger partial charge in [0.25, 0.3) is 5.91 Å². The third-order valence-electron chi connectivity index (χ3n) is 7.44. The summed E-state index contributed by atoms with van der Waals surface area (Å²) < 4.78 is 10.7. The summed E-state index contributed by atoms with van der Waals surface area (Å²) >= 11 is 0. The molecule has 2 amide bonds. The van der Waals surface area contributed by atoms with Crippen molar-refractivity contribution < 1.29 is 18.8 Å². The Labute approximate surface area is 223 Å². The molecule has 0 bridgehead atoms. The standard InChI is InChI=1S/C29H35N5O4/c1-37-23-12-10-21(11-13-23)27-31-26(38-32-27)20-33-18-14-22(15-19-33)28(35)30-25-9-5-4-8-24(25)29(36)34-16-6-2-3-7-17-34/h4-5,8-13,22H,2-3,6-7,14-20H2,1H3,(H,30,35). The molecular formula is C29H35N5O4. The van der Waals surface area contributed by atoms with Crippen LogP contribution < -0.4 is 10.1 Å². The lowest BCUT2D eigenvalue weighted by molar-refractivity contribution is -0.121. The van der Waals surface area contributed by atoms with Gasteiger partial charge in [-0.2, -0.15) is 4.98 Å². The lowest BCUT2D eigenvalue weighted by Crippen LogP contribution is -2.38. The molecular weight excluding hydrogens is 482 g/mol. The van der Waals surface area contributed by atoms with E-state index in [1.54, 1.807) is 7.11 Å². The van der Waals surface area contributed by atoms with Gasteiger partial charge in [-0.25, -0.2) is 0 Å². The van der Waals surface area contributed by atoms with Crippen LogP contribution in [-0.4, -0.2) is 65.0 Å². The molecule has 2 aliphatic rings. The Hall–Kier alpha value is -3.72. The van der Waals surface area contributed by atoms with Crippen molar-refractivity contribution in [3.63, 3.8) is 0 Å². The van der Waals surface area contributed by atoms with E-state index in [2.05, 4.69) is 20.4 Å². The Morgan fingerprint density at radius 2 is 1.68 bits per heavy atom. The normalized spacial score (nSPS) is 17.1. The van der Waals surface area contributed by atoms with Crippen LogP contribution in [0.15, 0.2) is 53.1 Å². The zero-order valence-electron chi connectivity index (χ0n) is 21.9. The Kier molecular flexibility index (Phi) is 8.33. The molecule has 1 aromatic heterocycles. The van der Waals surface area contributed by atoms with Gasteiger partial charge in [-0.1, -0.05) is 30.1 Å². The predicted octanol–water partition coefficient (Wildman–Crippen LogP) is 4.61. The molecule has 0 spiro atoms. The van der Waals surface area contributed by atoms with Crippen molar-refractivity contribution in [2.75, 3.05) is 38.6 Å². The number of likely N-dealkylation sites (tertiary alicyclic amines) is 2. The maximum atomic E-state index is 13.2. The summed E-state index contributed by atoms with van der Waals surface area (Å²) in [4.78, 5) is 35.0. The van der Waals surface area contributed by atoms with Gasteiger partial charge in [-0.3, -0.25) is 14.5 Å².